The third-order valence-corrected chi connectivity index (χ3v) is 6.24. The van der Waals surface area contributed by atoms with Crippen molar-refractivity contribution in [1.82, 2.24) is 0 Å². The van der Waals surface area contributed by atoms with E-state index in [1.54, 1.807) is 0 Å². The number of anilines is 3. The molecule has 1 saturated heterocycles. The van der Waals surface area contributed by atoms with Crippen LogP contribution in [0.4, 0.5) is 17.1 Å². The summed E-state index contributed by atoms with van der Waals surface area (Å²) in [6.07, 6.45) is 1.40. The lowest BCUT2D eigenvalue weighted by Gasteiger charge is -2.40. The molecule has 3 aromatic carbocycles. The Bertz CT molecular complexity index is 994. The van der Waals surface area contributed by atoms with Gasteiger partial charge in [-0.05, 0) is 78.9 Å². The molecule has 0 aromatic heterocycles. The Morgan fingerprint density at radius 1 is 1.00 bits per heavy atom. The number of hydrogen-bond donors (Lipinski definition) is 3. The summed E-state index contributed by atoms with van der Waals surface area (Å²) in [4.78, 5) is 2.36. The van der Waals surface area contributed by atoms with Gasteiger partial charge in [0.1, 0.15) is 0 Å². The zero-order valence-corrected chi connectivity index (χ0v) is 18.0. The minimum Gasteiger partial charge on any atom is -0.399 e. The second kappa shape index (κ2) is 8.58. The van der Waals surface area contributed by atoms with E-state index in [1.807, 2.05) is 48.5 Å². The Balaban J connectivity index is 1.39. The monoisotopic (exact) mass is 421 g/mol. The summed E-state index contributed by atoms with van der Waals surface area (Å²) in [6.45, 7) is 4.54. The van der Waals surface area contributed by atoms with Gasteiger partial charge in [0.25, 0.3) is 0 Å². The van der Waals surface area contributed by atoms with Crippen molar-refractivity contribution in [1.29, 1.82) is 0 Å². The Kier molecular flexibility index (Phi) is 5.89. The molecule has 5 heteroatoms. The smallest absolute Gasteiger partial charge is 0.0930 e. The Morgan fingerprint density at radius 3 is 2.30 bits per heavy atom. The average Bonchev–Trinajstić information content (AvgIpc) is 2.75. The number of rotatable bonds is 5. The molecule has 0 amide bonds. The zero-order valence-electron chi connectivity index (χ0n) is 17.2. The normalized spacial score (nSPS) is 15.8. The molecule has 1 aliphatic rings. The molecular formula is C25H28ClN3O. The van der Waals surface area contributed by atoms with E-state index >= 15 is 0 Å². The first-order chi connectivity index (χ1) is 14.4. The first-order valence-corrected chi connectivity index (χ1v) is 10.7. The second-order valence-corrected chi connectivity index (χ2v) is 8.56. The van der Waals surface area contributed by atoms with E-state index in [0.717, 1.165) is 36.6 Å². The van der Waals surface area contributed by atoms with Crippen molar-refractivity contribution in [3.05, 3.63) is 88.4 Å². The van der Waals surface area contributed by atoms with E-state index in [1.165, 1.54) is 16.8 Å². The average molecular weight is 422 g/mol. The number of aliphatic hydroxyl groups is 1. The highest BCUT2D eigenvalue weighted by Gasteiger charge is 2.34. The molecule has 4 rings (SSSR count). The summed E-state index contributed by atoms with van der Waals surface area (Å²) in [7, 11) is 0. The number of nitrogen functional groups attached to an aromatic ring is 1. The molecule has 0 spiro atoms. The van der Waals surface area contributed by atoms with Crippen LogP contribution in [0.1, 0.15) is 29.5 Å². The summed E-state index contributed by atoms with van der Waals surface area (Å²) in [5, 5.41) is 15.3. The lowest BCUT2D eigenvalue weighted by atomic mass is 9.84. The highest BCUT2D eigenvalue weighted by molar-refractivity contribution is 6.30. The number of piperidine rings is 1. The molecule has 4 N–H and O–H groups in total. The van der Waals surface area contributed by atoms with Gasteiger partial charge in [-0.1, -0.05) is 35.9 Å². The fraction of sp³-hybridized carbons (Fsp3) is 0.280. The van der Waals surface area contributed by atoms with Crippen molar-refractivity contribution in [2.24, 2.45) is 0 Å². The molecule has 1 heterocycles. The van der Waals surface area contributed by atoms with E-state index in [9.17, 15) is 5.11 Å². The largest absolute Gasteiger partial charge is 0.399 e. The van der Waals surface area contributed by atoms with Crippen LogP contribution in [-0.4, -0.2) is 18.2 Å². The maximum absolute atomic E-state index is 11.1. The van der Waals surface area contributed by atoms with E-state index in [-0.39, 0.29) is 0 Å². The summed E-state index contributed by atoms with van der Waals surface area (Å²) in [5.41, 5.74) is 11.5. The zero-order chi connectivity index (χ0) is 21.1. The molecule has 0 radical (unpaired) electrons. The topological polar surface area (TPSA) is 61.5 Å². The Labute approximate surface area is 183 Å². The number of hydrogen-bond acceptors (Lipinski definition) is 4. The van der Waals surface area contributed by atoms with E-state index in [4.69, 9.17) is 17.3 Å². The van der Waals surface area contributed by atoms with Crippen LogP contribution >= 0.6 is 11.6 Å². The molecule has 1 fully saturated rings. The van der Waals surface area contributed by atoms with Crippen LogP contribution in [0.25, 0.3) is 0 Å². The Hall–Kier alpha value is -2.69. The first-order valence-electron chi connectivity index (χ1n) is 10.4. The summed E-state index contributed by atoms with van der Waals surface area (Å²) < 4.78 is 0. The maximum atomic E-state index is 11.1. The predicted molar refractivity (Wildman–Crippen MR) is 126 cm³/mol. The number of benzene rings is 3. The van der Waals surface area contributed by atoms with Crippen molar-refractivity contribution < 1.29 is 5.11 Å². The summed E-state index contributed by atoms with van der Waals surface area (Å²) in [5.74, 6) is 0. The van der Waals surface area contributed by atoms with Gasteiger partial charge in [-0.25, -0.2) is 0 Å². The highest BCUT2D eigenvalue weighted by Crippen LogP contribution is 2.36. The molecule has 1 aliphatic heterocycles. The lowest BCUT2D eigenvalue weighted by molar-refractivity contribution is 0.0117. The number of nitrogens with two attached hydrogens (primary N) is 1. The third-order valence-electron chi connectivity index (χ3n) is 5.99. The highest BCUT2D eigenvalue weighted by atomic mass is 35.5. The number of aryl methyl sites for hydroxylation is 1. The van der Waals surface area contributed by atoms with Crippen LogP contribution in [0.5, 0.6) is 0 Å². The van der Waals surface area contributed by atoms with Crippen LogP contribution < -0.4 is 16.0 Å². The quantitative estimate of drug-likeness (QED) is 0.487. The van der Waals surface area contributed by atoms with Crippen LogP contribution in [0.15, 0.2) is 66.7 Å². The summed E-state index contributed by atoms with van der Waals surface area (Å²) in [6, 6.07) is 22.0. The fourth-order valence-electron chi connectivity index (χ4n) is 4.13. The van der Waals surface area contributed by atoms with Gasteiger partial charge in [-0.15, -0.1) is 0 Å². The van der Waals surface area contributed by atoms with Gasteiger partial charge in [0.15, 0.2) is 0 Å². The number of halogens is 1. The van der Waals surface area contributed by atoms with E-state index in [2.05, 4.69) is 35.3 Å². The standard InChI is InChI=1S/C25H28ClN3O/c1-18-16-23(28-17-19-2-8-22(27)9-3-19)10-11-24(18)29-14-12-25(30,13-15-29)20-4-6-21(26)7-5-20/h2-11,16,28,30H,12-15,17,27H2,1H3. The van der Waals surface area contributed by atoms with Gasteiger partial charge in [-0.2, -0.15) is 0 Å². The molecule has 30 heavy (non-hydrogen) atoms. The molecule has 0 aliphatic carbocycles. The van der Waals surface area contributed by atoms with Crippen LogP contribution in [0.2, 0.25) is 5.02 Å². The van der Waals surface area contributed by atoms with Crippen LogP contribution in [0.3, 0.4) is 0 Å². The van der Waals surface area contributed by atoms with E-state index in [0.29, 0.717) is 17.9 Å². The first kappa shape index (κ1) is 20.6. The second-order valence-electron chi connectivity index (χ2n) is 8.12. The molecule has 0 bridgehead atoms. The van der Waals surface area contributed by atoms with Crippen molar-refractivity contribution in [3.63, 3.8) is 0 Å². The Morgan fingerprint density at radius 2 is 1.67 bits per heavy atom. The van der Waals surface area contributed by atoms with Crippen LogP contribution in [0, 0.1) is 6.92 Å². The third kappa shape index (κ3) is 4.55. The fourth-order valence-corrected chi connectivity index (χ4v) is 4.25. The molecule has 0 saturated carbocycles. The van der Waals surface area contributed by atoms with Gasteiger partial charge >= 0.3 is 0 Å². The van der Waals surface area contributed by atoms with Gasteiger partial charge in [-0.3, -0.25) is 0 Å². The van der Waals surface area contributed by atoms with Crippen molar-refractivity contribution in [3.8, 4) is 0 Å². The van der Waals surface area contributed by atoms with E-state index < -0.39 is 5.60 Å². The number of nitrogens with one attached hydrogen (secondary N) is 1. The van der Waals surface area contributed by atoms with Gasteiger partial charge in [0.2, 0.25) is 0 Å². The maximum Gasteiger partial charge on any atom is 0.0930 e. The predicted octanol–water partition coefficient (Wildman–Crippen LogP) is 5.33. The minimum absolute atomic E-state index is 0.695. The van der Waals surface area contributed by atoms with Gasteiger partial charge in [0.05, 0.1) is 5.60 Å². The molecule has 4 nitrogen and oxygen atoms in total. The van der Waals surface area contributed by atoms with Gasteiger partial charge in [0, 0.05) is 41.7 Å². The number of nitrogens with zero attached hydrogens (tertiary/aromatic N) is 1. The molecule has 0 unspecified atom stereocenters. The van der Waals surface area contributed by atoms with Crippen molar-refractivity contribution in [2.45, 2.75) is 31.9 Å². The SMILES string of the molecule is Cc1cc(NCc2ccc(N)cc2)ccc1N1CCC(O)(c2ccc(Cl)cc2)CC1. The van der Waals surface area contributed by atoms with Crippen LogP contribution in [-0.2, 0) is 12.1 Å². The molecule has 156 valence electrons. The van der Waals surface area contributed by atoms with Crippen molar-refractivity contribution in [2.75, 3.05) is 29.0 Å². The van der Waals surface area contributed by atoms with Gasteiger partial charge < -0.3 is 21.1 Å². The summed E-state index contributed by atoms with van der Waals surface area (Å²) >= 11 is 5.99. The van der Waals surface area contributed by atoms with Crippen molar-refractivity contribution >= 4 is 28.7 Å². The molecular weight excluding hydrogens is 394 g/mol. The lowest BCUT2D eigenvalue weighted by Crippen LogP contribution is -2.42. The molecule has 3 aromatic rings. The molecule has 0 atom stereocenters. The minimum atomic E-state index is -0.782.